The number of nitrogens with one attached hydrogen (secondary N) is 2. The summed E-state index contributed by atoms with van der Waals surface area (Å²) in [6.07, 6.45) is 4.10. The van der Waals surface area contributed by atoms with Crippen LogP contribution in [0.5, 0.6) is 0 Å². The van der Waals surface area contributed by atoms with Crippen molar-refractivity contribution in [2.24, 2.45) is 5.92 Å². The van der Waals surface area contributed by atoms with Crippen LogP contribution in [0.3, 0.4) is 0 Å². The van der Waals surface area contributed by atoms with Crippen LogP contribution in [0.2, 0.25) is 0 Å². The monoisotopic (exact) mass is 263 g/mol. The molecule has 19 heavy (non-hydrogen) atoms. The van der Waals surface area contributed by atoms with Gasteiger partial charge in [-0.25, -0.2) is 4.98 Å². The molecule has 5 nitrogen and oxygen atoms in total. The Balaban J connectivity index is 2.00. The smallest absolute Gasteiger partial charge is 0.255 e. The Kier molecular flexibility index (Phi) is 3.19. The number of methoxy groups -OCH3 is 1. The molecule has 2 heterocycles. The van der Waals surface area contributed by atoms with E-state index in [4.69, 9.17) is 4.74 Å². The van der Waals surface area contributed by atoms with E-state index in [0.717, 1.165) is 42.9 Å². The zero-order valence-corrected chi connectivity index (χ0v) is 11.6. The van der Waals surface area contributed by atoms with Crippen LogP contribution in [-0.2, 0) is 23.4 Å². The number of fused-ring (bicyclic) bond motifs is 1. The molecule has 1 aliphatic carbocycles. The van der Waals surface area contributed by atoms with Crippen LogP contribution in [0.25, 0.3) is 0 Å². The molecule has 3 rings (SSSR count). The van der Waals surface area contributed by atoms with Gasteiger partial charge in [0.1, 0.15) is 11.4 Å². The number of nitrogens with zero attached hydrogens (tertiary/aromatic N) is 1. The molecule has 1 aromatic heterocycles. The van der Waals surface area contributed by atoms with Crippen molar-refractivity contribution in [2.75, 3.05) is 7.11 Å². The van der Waals surface area contributed by atoms with Crippen molar-refractivity contribution in [2.45, 2.75) is 51.3 Å². The summed E-state index contributed by atoms with van der Waals surface area (Å²) in [5.41, 5.74) is 1.25. The van der Waals surface area contributed by atoms with E-state index in [0.29, 0.717) is 18.9 Å². The lowest BCUT2D eigenvalue weighted by atomic mass is 9.79. The molecule has 2 N–H and O–H groups in total. The second-order valence-electron chi connectivity index (χ2n) is 5.82. The SMILES string of the molecule is COC1(c2nc3c(c(=O)[nH]2)CNC3)CCC(C)CC1. The number of aromatic amines is 1. The molecule has 5 heteroatoms. The molecule has 104 valence electrons. The fraction of sp³-hybridized carbons (Fsp3) is 0.714. The Labute approximate surface area is 112 Å². The number of hydrogen-bond donors (Lipinski definition) is 2. The Morgan fingerprint density at radius 2 is 2.05 bits per heavy atom. The quantitative estimate of drug-likeness (QED) is 0.847. The van der Waals surface area contributed by atoms with Crippen LogP contribution < -0.4 is 10.9 Å². The first kappa shape index (κ1) is 12.8. The van der Waals surface area contributed by atoms with Crippen molar-refractivity contribution in [3.05, 3.63) is 27.4 Å². The molecule has 1 saturated carbocycles. The first-order chi connectivity index (χ1) is 9.14. The highest BCUT2D eigenvalue weighted by atomic mass is 16.5. The predicted octanol–water partition coefficient (Wildman–Crippen LogP) is 1.42. The largest absolute Gasteiger partial charge is 0.370 e. The highest BCUT2D eigenvalue weighted by Gasteiger charge is 2.39. The van der Waals surface area contributed by atoms with Gasteiger partial charge in [0, 0.05) is 20.2 Å². The molecule has 0 spiro atoms. The topological polar surface area (TPSA) is 67.0 Å². The normalized spacial score (nSPS) is 30.3. The molecule has 1 aliphatic heterocycles. The average Bonchev–Trinajstić information content (AvgIpc) is 2.89. The van der Waals surface area contributed by atoms with Crippen LogP contribution in [-0.4, -0.2) is 17.1 Å². The number of H-pyrrole nitrogens is 1. The van der Waals surface area contributed by atoms with Gasteiger partial charge in [0.2, 0.25) is 0 Å². The molecule has 0 saturated heterocycles. The van der Waals surface area contributed by atoms with Crippen molar-refractivity contribution in [1.82, 2.24) is 15.3 Å². The van der Waals surface area contributed by atoms with E-state index in [9.17, 15) is 4.79 Å². The molecule has 0 atom stereocenters. The molecule has 0 aromatic carbocycles. The number of hydrogen-bond acceptors (Lipinski definition) is 4. The van der Waals surface area contributed by atoms with Gasteiger partial charge in [-0.3, -0.25) is 4.79 Å². The van der Waals surface area contributed by atoms with Gasteiger partial charge < -0.3 is 15.0 Å². The van der Waals surface area contributed by atoms with E-state index in [-0.39, 0.29) is 5.56 Å². The molecule has 1 aromatic rings. The lowest BCUT2D eigenvalue weighted by Crippen LogP contribution is -2.37. The standard InChI is InChI=1S/C14H21N3O2/c1-9-3-5-14(19-2,6-4-9)13-16-11-8-15-7-10(11)12(18)17-13/h9,15H,3-8H2,1-2H3,(H,16,17,18). The third kappa shape index (κ3) is 2.11. The van der Waals surface area contributed by atoms with Gasteiger partial charge in [-0.2, -0.15) is 0 Å². The highest BCUT2D eigenvalue weighted by Crippen LogP contribution is 2.40. The average molecular weight is 263 g/mol. The summed E-state index contributed by atoms with van der Waals surface area (Å²) in [6.45, 7) is 3.57. The van der Waals surface area contributed by atoms with E-state index in [1.54, 1.807) is 7.11 Å². The van der Waals surface area contributed by atoms with E-state index >= 15 is 0 Å². The first-order valence-corrected chi connectivity index (χ1v) is 7.03. The second-order valence-corrected chi connectivity index (χ2v) is 5.82. The Hall–Kier alpha value is -1.20. The van der Waals surface area contributed by atoms with Gasteiger partial charge in [0.25, 0.3) is 5.56 Å². The van der Waals surface area contributed by atoms with Gasteiger partial charge in [0.15, 0.2) is 0 Å². The van der Waals surface area contributed by atoms with Crippen molar-refractivity contribution < 1.29 is 4.74 Å². The van der Waals surface area contributed by atoms with Gasteiger partial charge >= 0.3 is 0 Å². The fourth-order valence-electron chi connectivity index (χ4n) is 3.16. The van der Waals surface area contributed by atoms with Crippen LogP contribution in [0.15, 0.2) is 4.79 Å². The van der Waals surface area contributed by atoms with Crippen LogP contribution in [0.1, 0.15) is 49.7 Å². The molecule has 0 bridgehead atoms. The summed E-state index contributed by atoms with van der Waals surface area (Å²) in [5.74, 6) is 1.44. The van der Waals surface area contributed by atoms with Gasteiger partial charge in [0.05, 0.1) is 11.3 Å². The second kappa shape index (κ2) is 4.72. The maximum absolute atomic E-state index is 12.1. The summed E-state index contributed by atoms with van der Waals surface area (Å²) in [7, 11) is 1.72. The maximum Gasteiger partial charge on any atom is 0.255 e. The minimum absolute atomic E-state index is 0.0138. The predicted molar refractivity (Wildman–Crippen MR) is 71.7 cm³/mol. The van der Waals surface area contributed by atoms with Gasteiger partial charge in [-0.1, -0.05) is 6.92 Å². The zero-order valence-electron chi connectivity index (χ0n) is 11.6. The van der Waals surface area contributed by atoms with Crippen LogP contribution in [0.4, 0.5) is 0 Å². The maximum atomic E-state index is 12.1. The van der Waals surface area contributed by atoms with Gasteiger partial charge in [-0.15, -0.1) is 0 Å². The first-order valence-electron chi connectivity index (χ1n) is 7.03. The van der Waals surface area contributed by atoms with Crippen LogP contribution >= 0.6 is 0 Å². The highest BCUT2D eigenvalue weighted by molar-refractivity contribution is 5.23. The fourth-order valence-corrected chi connectivity index (χ4v) is 3.16. The minimum atomic E-state index is -0.400. The Morgan fingerprint density at radius 1 is 1.32 bits per heavy atom. The Morgan fingerprint density at radius 3 is 2.74 bits per heavy atom. The molecular weight excluding hydrogens is 242 g/mol. The lowest BCUT2D eigenvalue weighted by molar-refractivity contribution is -0.0600. The molecule has 0 radical (unpaired) electrons. The molecule has 0 unspecified atom stereocenters. The number of aromatic nitrogens is 2. The van der Waals surface area contributed by atoms with Crippen molar-refractivity contribution in [3.63, 3.8) is 0 Å². The summed E-state index contributed by atoms with van der Waals surface area (Å²) >= 11 is 0. The summed E-state index contributed by atoms with van der Waals surface area (Å²) in [4.78, 5) is 19.7. The van der Waals surface area contributed by atoms with E-state index in [1.165, 1.54) is 0 Å². The van der Waals surface area contributed by atoms with Crippen LogP contribution in [0, 0.1) is 5.92 Å². The molecule has 1 fully saturated rings. The summed E-state index contributed by atoms with van der Waals surface area (Å²) in [6, 6.07) is 0. The third-order valence-electron chi connectivity index (χ3n) is 4.60. The summed E-state index contributed by atoms with van der Waals surface area (Å²) in [5, 5.41) is 3.17. The lowest BCUT2D eigenvalue weighted by Gasteiger charge is -2.37. The molecular formula is C14H21N3O2. The minimum Gasteiger partial charge on any atom is -0.370 e. The zero-order chi connectivity index (χ0) is 13.5. The van der Waals surface area contributed by atoms with E-state index in [2.05, 4.69) is 22.2 Å². The molecule has 0 amide bonds. The van der Waals surface area contributed by atoms with Crippen molar-refractivity contribution >= 4 is 0 Å². The summed E-state index contributed by atoms with van der Waals surface area (Å²) < 4.78 is 5.77. The van der Waals surface area contributed by atoms with Gasteiger partial charge in [-0.05, 0) is 31.6 Å². The number of rotatable bonds is 2. The molecule has 2 aliphatic rings. The van der Waals surface area contributed by atoms with Crippen molar-refractivity contribution in [1.29, 1.82) is 0 Å². The van der Waals surface area contributed by atoms with E-state index < -0.39 is 5.60 Å². The Bertz CT molecular complexity index is 530. The van der Waals surface area contributed by atoms with Crippen molar-refractivity contribution in [3.8, 4) is 0 Å². The van der Waals surface area contributed by atoms with E-state index in [1.807, 2.05) is 0 Å². The number of ether oxygens (including phenoxy) is 1. The third-order valence-corrected chi connectivity index (χ3v) is 4.60.